The minimum atomic E-state index is -4.72. The van der Waals surface area contributed by atoms with Crippen LogP contribution in [0, 0.1) is 0 Å². The lowest BCUT2D eigenvalue weighted by Crippen LogP contribution is -2.42. The van der Waals surface area contributed by atoms with E-state index in [1.807, 2.05) is 0 Å². The van der Waals surface area contributed by atoms with Gasteiger partial charge in [-0.2, -0.15) is 13.2 Å². The normalized spacial score (nSPS) is 12.6. The van der Waals surface area contributed by atoms with E-state index in [4.69, 9.17) is 15.6 Å². The largest absolute Gasteiger partial charge is 0.480 e. The Morgan fingerprint density at radius 3 is 2.52 bits per heavy atom. The first-order valence-corrected chi connectivity index (χ1v) is 5.73. The molecule has 6 nitrogen and oxygen atoms in total. The molecule has 0 saturated heterocycles. The molecule has 0 aliphatic heterocycles. The van der Waals surface area contributed by atoms with Crippen molar-refractivity contribution in [2.75, 3.05) is 0 Å². The fourth-order valence-electron chi connectivity index (χ4n) is 1.47. The molecular formula is C12H13F3N2O4. The van der Waals surface area contributed by atoms with E-state index in [2.05, 4.69) is 0 Å². The molecule has 1 rings (SSSR count). The fraction of sp³-hybridized carbons (Fsp3) is 0.333. The van der Waals surface area contributed by atoms with Gasteiger partial charge in [0.25, 0.3) is 5.91 Å². The Labute approximate surface area is 117 Å². The maximum Gasteiger partial charge on any atom is 0.419 e. The average molecular weight is 306 g/mol. The van der Waals surface area contributed by atoms with E-state index in [-0.39, 0.29) is 5.56 Å². The Kier molecular flexibility index (Phi) is 5.14. The number of urea groups is 1. The van der Waals surface area contributed by atoms with Gasteiger partial charge in [-0.3, -0.25) is 10.1 Å². The standard InChI is InChI=1S/C12H13F3N2O4/c1-6(10(19)17-11(16)20)21-9-3-2-7(5-18)4-8(9)12(13,14)15/h2-4,6,18H,5H2,1H3,(H3,16,17,19,20). The molecule has 1 aromatic carbocycles. The molecule has 21 heavy (non-hydrogen) atoms. The molecule has 9 heteroatoms. The van der Waals surface area contributed by atoms with Crippen molar-refractivity contribution >= 4 is 11.9 Å². The summed E-state index contributed by atoms with van der Waals surface area (Å²) < 4.78 is 43.6. The van der Waals surface area contributed by atoms with Crippen molar-refractivity contribution in [2.45, 2.75) is 25.8 Å². The second kappa shape index (κ2) is 6.44. The monoisotopic (exact) mass is 306 g/mol. The van der Waals surface area contributed by atoms with Crippen LogP contribution in [0.25, 0.3) is 0 Å². The van der Waals surface area contributed by atoms with E-state index in [1.54, 1.807) is 5.32 Å². The molecule has 0 heterocycles. The molecule has 0 saturated carbocycles. The molecule has 0 fully saturated rings. The molecule has 1 atom stereocenters. The summed E-state index contributed by atoms with van der Waals surface area (Å²) in [4.78, 5) is 21.9. The van der Waals surface area contributed by atoms with E-state index < -0.39 is 42.1 Å². The van der Waals surface area contributed by atoms with Gasteiger partial charge in [0.2, 0.25) is 0 Å². The zero-order valence-electron chi connectivity index (χ0n) is 10.9. The molecule has 4 N–H and O–H groups in total. The maximum absolute atomic E-state index is 12.9. The Balaban J connectivity index is 3.02. The number of hydrogen-bond donors (Lipinski definition) is 3. The molecule has 3 amide bonds. The number of rotatable bonds is 4. The quantitative estimate of drug-likeness (QED) is 0.777. The van der Waals surface area contributed by atoms with Gasteiger partial charge in [0.15, 0.2) is 6.10 Å². The van der Waals surface area contributed by atoms with Gasteiger partial charge in [-0.15, -0.1) is 0 Å². The van der Waals surface area contributed by atoms with Gasteiger partial charge in [0, 0.05) is 0 Å². The minimum Gasteiger partial charge on any atom is -0.480 e. The van der Waals surface area contributed by atoms with E-state index in [9.17, 15) is 22.8 Å². The van der Waals surface area contributed by atoms with Gasteiger partial charge >= 0.3 is 12.2 Å². The molecule has 0 aromatic heterocycles. The number of carbonyl (C=O) groups is 2. The lowest BCUT2D eigenvalue weighted by Gasteiger charge is -2.18. The summed E-state index contributed by atoms with van der Waals surface area (Å²) in [7, 11) is 0. The molecule has 0 spiro atoms. The number of ether oxygens (including phenoxy) is 1. The Morgan fingerprint density at radius 2 is 2.05 bits per heavy atom. The van der Waals surface area contributed by atoms with Crippen molar-refractivity contribution in [1.29, 1.82) is 0 Å². The number of hydrogen-bond acceptors (Lipinski definition) is 4. The fourth-order valence-corrected chi connectivity index (χ4v) is 1.47. The summed E-state index contributed by atoms with van der Waals surface area (Å²) in [5.41, 5.74) is 3.64. The number of carbonyl (C=O) groups excluding carboxylic acids is 2. The SMILES string of the molecule is CC(Oc1ccc(CO)cc1C(F)(F)F)C(=O)NC(N)=O. The van der Waals surface area contributed by atoms with E-state index in [0.29, 0.717) is 6.07 Å². The van der Waals surface area contributed by atoms with Crippen LogP contribution in [-0.4, -0.2) is 23.1 Å². The highest BCUT2D eigenvalue weighted by molar-refractivity contribution is 5.95. The number of aliphatic hydroxyl groups is 1. The van der Waals surface area contributed by atoms with Gasteiger partial charge in [0.1, 0.15) is 5.75 Å². The summed E-state index contributed by atoms with van der Waals surface area (Å²) >= 11 is 0. The van der Waals surface area contributed by atoms with Crippen molar-refractivity contribution in [3.05, 3.63) is 29.3 Å². The highest BCUT2D eigenvalue weighted by Crippen LogP contribution is 2.37. The van der Waals surface area contributed by atoms with Crippen molar-refractivity contribution in [2.24, 2.45) is 5.73 Å². The number of halogens is 3. The van der Waals surface area contributed by atoms with E-state index in [1.165, 1.54) is 13.0 Å². The first-order valence-electron chi connectivity index (χ1n) is 5.73. The van der Waals surface area contributed by atoms with Crippen LogP contribution in [0.5, 0.6) is 5.75 Å². The number of aliphatic hydroxyl groups excluding tert-OH is 1. The minimum absolute atomic E-state index is 0.0453. The highest BCUT2D eigenvalue weighted by atomic mass is 19.4. The Bertz CT molecular complexity index is 546. The third-order valence-electron chi connectivity index (χ3n) is 2.45. The predicted octanol–water partition coefficient (Wildman–Crippen LogP) is 1.16. The third-order valence-corrected chi connectivity index (χ3v) is 2.45. The van der Waals surface area contributed by atoms with Crippen molar-refractivity contribution in [3.63, 3.8) is 0 Å². The first-order chi connectivity index (χ1) is 9.65. The molecule has 116 valence electrons. The number of alkyl halides is 3. The summed E-state index contributed by atoms with van der Waals surface area (Å²) in [6.45, 7) is 0.597. The lowest BCUT2D eigenvalue weighted by molar-refractivity contribution is -0.140. The summed E-state index contributed by atoms with van der Waals surface area (Å²) in [5.74, 6) is -1.56. The molecular weight excluding hydrogens is 293 g/mol. The summed E-state index contributed by atoms with van der Waals surface area (Å²) in [6.07, 6.45) is -6.08. The van der Waals surface area contributed by atoms with E-state index in [0.717, 1.165) is 6.07 Å². The summed E-state index contributed by atoms with van der Waals surface area (Å²) in [6, 6.07) is 1.79. The number of imide groups is 1. The number of primary amides is 1. The number of benzene rings is 1. The number of amides is 3. The van der Waals surface area contributed by atoms with Crippen molar-refractivity contribution in [1.82, 2.24) is 5.32 Å². The van der Waals surface area contributed by atoms with E-state index >= 15 is 0 Å². The highest BCUT2D eigenvalue weighted by Gasteiger charge is 2.35. The van der Waals surface area contributed by atoms with Crippen LogP contribution in [0.15, 0.2) is 18.2 Å². The zero-order valence-corrected chi connectivity index (χ0v) is 10.9. The van der Waals surface area contributed by atoms with Gasteiger partial charge < -0.3 is 15.6 Å². The van der Waals surface area contributed by atoms with Crippen LogP contribution in [0.2, 0.25) is 0 Å². The molecule has 1 aromatic rings. The van der Waals surface area contributed by atoms with Gasteiger partial charge in [-0.05, 0) is 24.6 Å². The van der Waals surface area contributed by atoms with Crippen LogP contribution in [-0.2, 0) is 17.6 Å². The van der Waals surface area contributed by atoms with Gasteiger partial charge in [-0.25, -0.2) is 4.79 Å². The van der Waals surface area contributed by atoms with Crippen LogP contribution < -0.4 is 15.8 Å². The van der Waals surface area contributed by atoms with Gasteiger partial charge in [0.05, 0.1) is 12.2 Å². The summed E-state index contributed by atoms with van der Waals surface area (Å²) in [5, 5.41) is 10.6. The number of nitrogens with two attached hydrogens (primary N) is 1. The Hall–Kier alpha value is -2.29. The molecule has 0 aliphatic rings. The van der Waals surface area contributed by atoms with Crippen LogP contribution in [0.4, 0.5) is 18.0 Å². The molecule has 1 unspecified atom stereocenters. The topological polar surface area (TPSA) is 102 Å². The van der Waals surface area contributed by atoms with Gasteiger partial charge in [-0.1, -0.05) is 6.07 Å². The van der Waals surface area contributed by atoms with Crippen molar-refractivity contribution in [3.8, 4) is 5.75 Å². The zero-order chi connectivity index (χ0) is 16.2. The molecule has 0 bridgehead atoms. The Morgan fingerprint density at radius 1 is 1.43 bits per heavy atom. The second-order valence-electron chi connectivity index (χ2n) is 4.10. The smallest absolute Gasteiger partial charge is 0.419 e. The van der Waals surface area contributed by atoms with Crippen LogP contribution >= 0.6 is 0 Å². The molecule has 0 radical (unpaired) electrons. The first kappa shape index (κ1) is 16.8. The van der Waals surface area contributed by atoms with Crippen LogP contribution in [0.3, 0.4) is 0 Å². The lowest BCUT2D eigenvalue weighted by atomic mass is 10.1. The average Bonchev–Trinajstić information content (AvgIpc) is 2.37. The third kappa shape index (κ3) is 4.63. The molecule has 0 aliphatic carbocycles. The second-order valence-corrected chi connectivity index (χ2v) is 4.10. The van der Waals surface area contributed by atoms with Crippen molar-refractivity contribution < 1.29 is 32.6 Å². The maximum atomic E-state index is 12.9. The predicted molar refractivity (Wildman–Crippen MR) is 65.2 cm³/mol. The number of nitrogens with one attached hydrogen (secondary N) is 1. The van der Waals surface area contributed by atoms with Crippen LogP contribution in [0.1, 0.15) is 18.1 Å².